The molecule has 3 aromatic rings. The first-order chi connectivity index (χ1) is 11.0. The summed E-state index contributed by atoms with van der Waals surface area (Å²) in [6.45, 7) is 4.03. The normalized spacial score (nSPS) is 11.0. The van der Waals surface area contributed by atoms with E-state index in [1.807, 2.05) is 29.7 Å². The van der Waals surface area contributed by atoms with Crippen molar-refractivity contribution in [2.24, 2.45) is 0 Å². The fourth-order valence-electron chi connectivity index (χ4n) is 2.49. The van der Waals surface area contributed by atoms with Crippen molar-refractivity contribution in [1.82, 2.24) is 19.3 Å². The van der Waals surface area contributed by atoms with Crippen LogP contribution in [0.3, 0.4) is 0 Å². The highest BCUT2D eigenvalue weighted by Gasteiger charge is 2.18. The Morgan fingerprint density at radius 1 is 1.13 bits per heavy atom. The molecule has 0 unspecified atom stereocenters. The molecule has 1 aromatic carbocycles. The van der Waals surface area contributed by atoms with Crippen molar-refractivity contribution in [1.29, 1.82) is 0 Å². The van der Waals surface area contributed by atoms with Crippen LogP contribution in [0.25, 0.3) is 17.0 Å². The average Bonchev–Trinajstić information content (AvgIpc) is 2.86. The van der Waals surface area contributed by atoms with Crippen LogP contribution in [0.1, 0.15) is 16.8 Å². The average molecular weight is 308 g/mol. The summed E-state index contributed by atoms with van der Waals surface area (Å²) in [4.78, 5) is 22.9. The lowest BCUT2D eigenvalue weighted by molar-refractivity contribution is -0.128. The number of nitrogens with zero attached hydrogens (tertiary/aromatic N) is 4. The van der Waals surface area contributed by atoms with E-state index in [2.05, 4.69) is 29.0 Å². The number of hydrogen-bond acceptors (Lipinski definition) is 3. The lowest BCUT2D eigenvalue weighted by Gasteiger charge is -2.11. The second-order valence-corrected chi connectivity index (χ2v) is 6.04. The highest BCUT2D eigenvalue weighted by molar-refractivity contribution is 5.81. The summed E-state index contributed by atoms with van der Waals surface area (Å²) in [5, 5.41) is 0. The van der Waals surface area contributed by atoms with E-state index in [1.165, 1.54) is 5.56 Å². The maximum Gasteiger partial charge on any atom is 0.234 e. The molecule has 0 aliphatic rings. The molecular weight excluding hydrogens is 288 g/mol. The molecule has 1 amide bonds. The molecular formula is C18H20N4O. The number of benzene rings is 1. The SMILES string of the molecule is Cc1ccc(-c2nc3ncc(C)cn3c2CC(=O)N(C)C)cc1. The summed E-state index contributed by atoms with van der Waals surface area (Å²) in [5.74, 6) is 0.661. The predicted molar refractivity (Wildman–Crippen MR) is 90.3 cm³/mol. The second-order valence-electron chi connectivity index (χ2n) is 6.04. The monoisotopic (exact) mass is 308 g/mol. The Morgan fingerprint density at radius 2 is 1.83 bits per heavy atom. The maximum atomic E-state index is 12.2. The van der Waals surface area contributed by atoms with Gasteiger partial charge in [0.15, 0.2) is 0 Å². The molecule has 0 N–H and O–H groups in total. The Balaban J connectivity index is 2.19. The zero-order valence-electron chi connectivity index (χ0n) is 13.9. The Kier molecular flexibility index (Phi) is 3.86. The number of aryl methyl sites for hydroxylation is 2. The number of carbonyl (C=O) groups excluding carboxylic acids is 1. The van der Waals surface area contributed by atoms with Gasteiger partial charge < -0.3 is 4.90 Å². The fourth-order valence-corrected chi connectivity index (χ4v) is 2.49. The molecule has 5 nitrogen and oxygen atoms in total. The van der Waals surface area contributed by atoms with E-state index in [4.69, 9.17) is 0 Å². The molecule has 0 saturated heterocycles. The van der Waals surface area contributed by atoms with Crippen molar-refractivity contribution in [3.05, 3.63) is 53.5 Å². The summed E-state index contributed by atoms with van der Waals surface area (Å²) < 4.78 is 1.92. The number of aromatic nitrogens is 3. The van der Waals surface area contributed by atoms with Gasteiger partial charge in [-0.05, 0) is 19.4 Å². The molecule has 0 saturated carbocycles. The van der Waals surface area contributed by atoms with E-state index in [0.717, 1.165) is 22.5 Å². The van der Waals surface area contributed by atoms with Crippen molar-refractivity contribution in [3.63, 3.8) is 0 Å². The molecule has 0 atom stereocenters. The lowest BCUT2D eigenvalue weighted by Crippen LogP contribution is -2.24. The predicted octanol–water partition coefficient (Wildman–Crippen LogP) is 2.64. The van der Waals surface area contributed by atoms with Crippen LogP contribution >= 0.6 is 0 Å². The third kappa shape index (κ3) is 2.95. The number of fused-ring (bicyclic) bond motifs is 1. The molecule has 23 heavy (non-hydrogen) atoms. The van der Waals surface area contributed by atoms with E-state index >= 15 is 0 Å². The van der Waals surface area contributed by atoms with E-state index in [9.17, 15) is 4.79 Å². The molecule has 0 aliphatic carbocycles. The number of carbonyl (C=O) groups is 1. The van der Waals surface area contributed by atoms with Crippen molar-refractivity contribution < 1.29 is 4.79 Å². The van der Waals surface area contributed by atoms with Crippen LogP contribution in [0.4, 0.5) is 0 Å². The first-order valence-corrected chi connectivity index (χ1v) is 7.56. The third-order valence-electron chi connectivity index (χ3n) is 3.85. The molecule has 0 bridgehead atoms. The van der Waals surface area contributed by atoms with Gasteiger partial charge in [0.25, 0.3) is 0 Å². The number of hydrogen-bond donors (Lipinski definition) is 0. The summed E-state index contributed by atoms with van der Waals surface area (Å²) in [7, 11) is 3.53. The van der Waals surface area contributed by atoms with Crippen molar-refractivity contribution in [3.8, 4) is 11.3 Å². The maximum absolute atomic E-state index is 12.2. The topological polar surface area (TPSA) is 50.5 Å². The standard InChI is InChI=1S/C18H20N4O/c1-12-5-7-14(8-6-12)17-15(9-16(23)21(3)4)22-11-13(2)10-19-18(22)20-17/h5-8,10-11H,9H2,1-4H3. The van der Waals surface area contributed by atoms with Gasteiger partial charge in [0, 0.05) is 32.1 Å². The van der Waals surface area contributed by atoms with Gasteiger partial charge in [-0.15, -0.1) is 0 Å². The van der Waals surface area contributed by atoms with E-state index < -0.39 is 0 Å². The van der Waals surface area contributed by atoms with Crippen LogP contribution in [0.5, 0.6) is 0 Å². The molecule has 0 fully saturated rings. The fraction of sp³-hybridized carbons (Fsp3) is 0.278. The van der Waals surface area contributed by atoms with Crippen LogP contribution in [-0.4, -0.2) is 39.3 Å². The molecule has 118 valence electrons. The first-order valence-electron chi connectivity index (χ1n) is 7.56. The largest absolute Gasteiger partial charge is 0.348 e. The van der Waals surface area contributed by atoms with Gasteiger partial charge in [0.1, 0.15) is 0 Å². The zero-order chi connectivity index (χ0) is 16.6. The lowest BCUT2D eigenvalue weighted by atomic mass is 10.1. The van der Waals surface area contributed by atoms with Gasteiger partial charge >= 0.3 is 0 Å². The van der Waals surface area contributed by atoms with Crippen LogP contribution in [0.15, 0.2) is 36.7 Å². The Hall–Kier alpha value is -2.69. The van der Waals surface area contributed by atoms with Gasteiger partial charge in [0.05, 0.1) is 17.8 Å². The minimum Gasteiger partial charge on any atom is -0.348 e. The Morgan fingerprint density at radius 3 is 2.48 bits per heavy atom. The highest BCUT2D eigenvalue weighted by atomic mass is 16.2. The van der Waals surface area contributed by atoms with Crippen LogP contribution in [0.2, 0.25) is 0 Å². The minimum absolute atomic E-state index is 0.0432. The molecule has 2 aromatic heterocycles. The first kappa shape index (κ1) is 15.2. The summed E-state index contributed by atoms with van der Waals surface area (Å²) in [5.41, 5.74) is 4.92. The molecule has 0 spiro atoms. The molecule has 0 aliphatic heterocycles. The van der Waals surface area contributed by atoms with Gasteiger partial charge in [0.2, 0.25) is 11.7 Å². The van der Waals surface area contributed by atoms with Crippen molar-refractivity contribution in [2.75, 3.05) is 14.1 Å². The zero-order valence-corrected chi connectivity index (χ0v) is 13.9. The van der Waals surface area contributed by atoms with Crippen LogP contribution in [-0.2, 0) is 11.2 Å². The molecule has 3 rings (SSSR count). The van der Waals surface area contributed by atoms with Gasteiger partial charge in [-0.1, -0.05) is 29.8 Å². The third-order valence-corrected chi connectivity index (χ3v) is 3.85. The van der Waals surface area contributed by atoms with E-state index in [-0.39, 0.29) is 5.91 Å². The van der Waals surface area contributed by atoms with Gasteiger partial charge in [-0.25, -0.2) is 9.97 Å². The summed E-state index contributed by atoms with van der Waals surface area (Å²) in [6, 6.07) is 8.17. The van der Waals surface area contributed by atoms with Gasteiger partial charge in [-0.3, -0.25) is 9.20 Å². The molecule has 2 heterocycles. The molecule has 0 radical (unpaired) electrons. The van der Waals surface area contributed by atoms with Gasteiger partial charge in [-0.2, -0.15) is 0 Å². The summed E-state index contributed by atoms with van der Waals surface area (Å²) >= 11 is 0. The van der Waals surface area contributed by atoms with E-state index in [0.29, 0.717) is 12.2 Å². The molecule has 5 heteroatoms. The van der Waals surface area contributed by atoms with Crippen LogP contribution < -0.4 is 0 Å². The Labute approximate surface area is 135 Å². The quantitative estimate of drug-likeness (QED) is 0.747. The Bertz CT molecular complexity index is 863. The number of rotatable bonds is 3. The van der Waals surface area contributed by atoms with Crippen molar-refractivity contribution >= 4 is 11.7 Å². The second kappa shape index (κ2) is 5.83. The van der Waals surface area contributed by atoms with E-state index in [1.54, 1.807) is 25.2 Å². The summed E-state index contributed by atoms with van der Waals surface area (Å²) in [6.07, 6.45) is 4.06. The highest BCUT2D eigenvalue weighted by Crippen LogP contribution is 2.25. The smallest absolute Gasteiger partial charge is 0.234 e. The number of amides is 1. The number of imidazole rings is 1. The number of likely N-dealkylation sites (N-methyl/N-ethyl adjacent to an activating group) is 1. The van der Waals surface area contributed by atoms with Crippen molar-refractivity contribution in [2.45, 2.75) is 20.3 Å². The minimum atomic E-state index is 0.0432. The van der Waals surface area contributed by atoms with Crippen LogP contribution in [0, 0.1) is 13.8 Å².